The number of halogens is 1. The fourth-order valence-corrected chi connectivity index (χ4v) is 5.34. The summed E-state index contributed by atoms with van der Waals surface area (Å²) in [5.74, 6) is 0.840. The molecule has 2 aliphatic heterocycles. The molecule has 0 aromatic carbocycles. The zero-order valence-corrected chi connectivity index (χ0v) is 15.6. The van der Waals surface area contributed by atoms with Crippen LogP contribution in [-0.2, 0) is 9.53 Å². The highest BCUT2D eigenvalue weighted by atomic mass is 35.5. The van der Waals surface area contributed by atoms with E-state index in [1.807, 2.05) is 0 Å². The first-order chi connectivity index (χ1) is 10.6. The van der Waals surface area contributed by atoms with Crippen LogP contribution in [0.3, 0.4) is 0 Å². The highest BCUT2D eigenvalue weighted by Crippen LogP contribution is 2.48. The van der Waals surface area contributed by atoms with E-state index in [0.29, 0.717) is 36.6 Å². The van der Waals surface area contributed by atoms with E-state index in [0.717, 1.165) is 19.3 Å². The number of hydrogen-bond acceptors (Lipinski definition) is 3. The molecular formula is C18H33ClN2O2. The lowest BCUT2D eigenvalue weighted by atomic mass is 9.58. The maximum atomic E-state index is 12.5. The summed E-state index contributed by atoms with van der Waals surface area (Å²) in [5, 5.41) is 6.98. The second kappa shape index (κ2) is 7.71. The summed E-state index contributed by atoms with van der Waals surface area (Å²) < 4.78 is 5.62. The number of hydrogen-bond donors (Lipinski definition) is 2. The molecule has 0 aromatic heterocycles. The van der Waals surface area contributed by atoms with Gasteiger partial charge in [-0.25, -0.2) is 0 Å². The number of ether oxygens (including phenoxy) is 1. The Morgan fingerprint density at radius 1 is 1.17 bits per heavy atom. The summed E-state index contributed by atoms with van der Waals surface area (Å²) in [7, 11) is 1.80. The lowest BCUT2D eigenvalue weighted by Gasteiger charge is -2.55. The highest BCUT2D eigenvalue weighted by molar-refractivity contribution is 5.85. The fourth-order valence-electron chi connectivity index (χ4n) is 5.34. The van der Waals surface area contributed by atoms with Crippen molar-refractivity contribution in [3.05, 3.63) is 0 Å². The Balaban J connectivity index is 0.00000192. The number of fused-ring (bicyclic) bond motifs is 2. The molecule has 23 heavy (non-hydrogen) atoms. The summed E-state index contributed by atoms with van der Waals surface area (Å²) in [6.45, 7) is 4.44. The Kier molecular flexibility index (Phi) is 6.37. The fraction of sp³-hybridized carbons (Fsp3) is 0.944. The van der Waals surface area contributed by atoms with Gasteiger partial charge in [-0.2, -0.15) is 0 Å². The maximum absolute atomic E-state index is 12.5. The van der Waals surface area contributed by atoms with E-state index in [4.69, 9.17) is 4.74 Å². The summed E-state index contributed by atoms with van der Waals surface area (Å²) in [5.41, 5.74) is 0.150. The molecule has 0 aromatic rings. The summed E-state index contributed by atoms with van der Waals surface area (Å²) in [6.07, 6.45) is 9.11. The van der Waals surface area contributed by atoms with E-state index in [2.05, 4.69) is 24.5 Å². The topological polar surface area (TPSA) is 50.4 Å². The van der Waals surface area contributed by atoms with E-state index < -0.39 is 0 Å². The first-order valence-corrected chi connectivity index (χ1v) is 9.19. The minimum atomic E-state index is 0. The van der Waals surface area contributed by atoms with Crippen molar-refractivity contribution < 1.29 is 9.53 Å². The van der Waals surface area contributed by atoms with Crippen molar-refractivity contribution in [2.24, 2.45) is 11.3 Å². The van der Waals surface area contributed by atoms with Crippen LogP contribution in [-0.4, -0.2) is 37.2 Å². The van der Waals surface area contributed by atoms with Gasteiger partial charge in [0.2, 0.25) is 5.91 Å². The molecule has 2 N–H and O–H groups in total. The van der Waals surface area contributed by atoms with Crippen molar-refractivity contribution in [2.45, 2.75) is 89.4 Å². The van der Waals surface area contributed by atoms with Crippen molar-refractivity contribution in [1.82, 2.24) is 10.6 Å². The van der Waals surface area contributed by atoms with Crippen LogP contribution in [0.1, 0.15) is 65.2 Å². The van der Waals surface area contributed by atoms with Crippen LogP contribution in [0.4, 0.5) is 0 Å². The molecule has 2 saturated heterocycles. The van der Waals surface area contributed by atoms with Crippen LogP contribution in [0.25, 0.3) is 0 Å². The summed E-state index contributed by atoms with van der Waals surface area (Å²) in [4.78, 5) is 12.5. The van der Waals surface area contributed by atoms with Crippen molar-refractivity contribution in [3.8, 4) is 0 Å². The minimum Gasteiger partial charge on any atom is -0.381 e. The quantitative estimate of drug-likeness (QED) is 0.778. The second-order valence-corrected chi connectivity index (χ2v) is 7.70. The third-order valence-electron chi connectivity index (χ3n) is 6.77. The average Bonchev–Trinajstić information content (AvgIpc) is 2.83. The Morgan fingerprint density at radius 3 is 2.30 bits per heavy atom. The van der Waals surface area contributed by atoms with Gasteiger partial charge in [-0.3, -0.25) is 4.79 Å². The van der Waals surface area contributed by atoms with Gasteiger partial charge in [0.25, 0.3) is 0 Å². The van der Waals surface area contributed by atoms with Crippen LogP contribution >= 0.6 is 12.4 Å². The second-order valence-electron chi connectivity index (χ2n) is 7.70. The molecule has 134 valence electrons. The number of carbonyl (C=O) groups excluding carboxylic acids is 1. The number of rotatable bonds is 6. The molecule has 1 aliphatic carbocycles. The van der Waals surface area contributed by atoms with Crippen molar-refractivity contribution >= 4 is 18.3 Å². The molecule has 3 aliphatic rings. The van der Waals surface area contributed by atoms with Crippen LogP contribution in [0.5, 0.6) is 0 Å². The first-order valence-electron chi connectivity index (χ1n) is 9.19. The zero-order chi connectivity index (χ0) is 15.7. The van der Waals surface area contributed by atoms with Crippen molar-refractivity contribution in [1.29, 1.82) is 0 Å². The van der Waals surface area contributed by atoms with Gasteiger partial charge in [0.05, 0.1) is 6.10 Å². The van der Waals surface area contributed by atoms with Gasteiger partial charge in [-0.15, -0.1) is 12.4 Å². The zero-order valence-electron chi connectivity index (χ0n) is 14.8. The van der Waals surface area contributed by atoms with E-state index in [1.54, 1.807) is 7.11 Å². The molecule has 3 rings (SSSR count). The monoisotopic (exact) mass is 344 g/mol. The van der Waals surface area contributed by atoms with Crippen molar-refractivity contribution in [3.63, 3.8) is 0 Å². The number of nitrogens with one attached hydrogen (secondary N) is 2. The molecule has 1 saturated carbocycles. The van der Waals surface area contributed by atoms with Crippen LogP contribution < -0.4 is 10.6 Å². The largest absolute Gasteiger partial charge is 0.381 e. The van der Waals surface area contributed by atoms with Crippen LogP contribution in [0.15, 0.2) is 0 Å². The third kappa shape index (κ3) is 3.54. The van der Waals surface area contributed by atoms with Gasteiger partial charge < -0.3 is 15.4 Å². The maximum Gasteiger partial charge on any atom is 0.220 e. The van der Waals surface area contributed by atoms with Gasteiger partial charge in [0.1, 0.15) is 0 Å². The van der Waals surface area contributed by atoms with E-state index >= 15 is 0 Å². The first kappa shape index (κ1) is 19.0. The standard InChI is InChI=1S/C18H32N2O2.ClH/c1-4-18(5-2)15(11-16(18)22-3)20-17(21)10-12-8-13-6-7-14(9-12)19-13;/h12-16,19H,4-11H2,1-3H3,(H,20,21);1H. The van der Waals surface area contributed by atoms with Crippen molar-refractivity contribution in [2.75, 3.05) is 7.11 Å². The molecule has 5 heteroatoms. The molecule has 2 heterocycles. The lowest BCUT2D eigenvalue weighted by Crippen LogP contribution is -2.64. The van der Waals surface area contributed by atoms with Gasteiger partial charge in [0.15, 0.2) is 0 Å². The average molecular weight is 345 g/mol. The molecule has 4 nitrogen and oxygen atoms in total. The molecular weight excluding hydrogens is 312 g/mol. The molecule has 4 unspecified atom stereocenters. The Labute approximate surface area is 146 Å². The van der Waals surface area contributed by atoms with Gasteiger partial charge in [0, 0.05) is 37.1 Å². The summed E-state index contributed by atoms with van der Waals surface area (Å²) >= 11 is 0. The Morgan fingerprint density at radius 2 is 1.78 bits per heavy atom. The molecule has 0 radical (unpaired) electrons. The van der Waals surface area contributed by atoms with Gasteiger partial charge in [-0.1, -0.05) is 13.8 Å². The van der Waals surface area contributed by atoms with Crippen LogP contribution in [0, 0.1) is 11.3 Å². The highest BCUT2D eigenvalue weighted by Gasteiger charge is 2.53. The van der Waals surface area contributed by atoms with Gasteiger partial charge in [-0.05, 0) is 50.9 Å². The number of piperidine rings is 1. The van der Waals surface area contributed by atoms with E-state index in [1.165, 1.54) is 25.7 Å². The molecule has 1 amide bonds. The number of carbonyl (C=O) groups is 1. The van der Waals surface area contributed by atoms with Crippen LogP contribution in [0.2, 0.25) is 0 Å². The molecule has 3 fully saturated rings. The molecule has 2 bridgehead atoms. The predicted octanol–water partition coefficient (Wildman–Crippen LogP) is 3.04. The van der Waals surface area contributed by atoms with E-state index in [-0.39, 0.29) is 23.7 Å². The minimum absolute atomic E-state index is 0. The third-order valence-corrected chi connectivity index (χ3v) is 6.77. The predicted molar refractivity (Wildman–Crippen MR) is 94.9 cm³/mol. The summed E-state index contributed by atoms with van der Waals surface area (Å²) in [6, 6.07) is 1.64. The lowest BCUT2D eigenvalue weighted by molar-refractivity contribution is -0.142. The smallest absolute Gasteiger partial charge is 0.220 e. The number of methoxy groups -OCH3 is 1. The Bertz CT molecular complexity index is 402. The van der Waals surface area contributed by atoms with Gasteiger partial charge >= 0.3 is 0 Å². The molecule has 4 atom stereocenters. The number of amides is 1. The van der Waals surface area contributed by atoms with E-state index in [9.17, 15) is 4.79 Å². The molecule has 0 spiro atoms. The Hall–Kier alpha value is -0.320. The normalized spacial score (nSPS) is 37.6. The SMILES string of the molecule is CCC1(CC)C(NC(=O)CC2CC3CCC(C2)N3)CC1OC.Cl.